The summed E-state index contributed by atoms with van der Waals surface area (Å²) in [6.07, 6.45) is 1.49. The monoisotopic (exact) mass is 432 g/mol. The van der Waals surface area contributed by atoms with Crippen LogP contribution in [-0.4, -0.2) is 31.8 Å². The van der Waals surface area contributed by atoms with Crippen molar-refractivity contribution in [1.29, 1.82) is 0 Å². The number of aryl methyl sites for hydroxylation is 2. The molecule has 7 nitrogen and oxygen atoms in total. The minimum Gasteiger partial charge on any atom is -0.497 e. The first-order valence-corrected chi connectivity index (χ1v) is 9.93. The quantitative estimate of drug-likeness (QED) is 0.251. The lowest BCUT2D eigenvalue weighted by atomic mass is 10.1. The Hall–Kier alpha value is -4.13. The Morgan fingerprint density at radius 1 is 0.906 bits per heavy atom. The van der Waals surface area contributed by atoms with Gasteiger partial charge >= 0.3 is 5.97 Å². The molecule has 0 fully saturated rings. The van der Waals surface area contributed by atoms with Crippen molar-refractivity contribution in [1.82, 2.24) is 5.43 Å². The van der Waals surface area contributed by atoms with Gasteiger partial charge in [0.15, 0.2) is 6.61 Å². The molecular weight excluding hydrogens is 408 g/mol. The first-order chi connectivity index (χ1) is 15.5. The minimum absolute atomic E-state index is 0.136. The predicted molar refractivity (Wildman–Crippen MR) is 122 cm³/mol. The Balaban J connectivity index is 1.48. The highest BCUT2D eigenvalue weighted by Crippen LogP contribution is 2.22. The maximum atomic E-state index is 12.2. The van der Waals surface area contributed by atoms with Crippen LogP contribution in [0.5, 0.6) is 17.2 Å². The van der Waals surface area contributed by atoms with Crippen molar-refractivity contribution in [3.63, 3.8) is 0 Å². The number of carbonyl (C=O) groups excluding carboxylic acids is 2. The number of carbonyl (C=O) groups is 2. The molecule has 0 radical (unpaired) electrons. The number of hydrogen-bond acceptors (Lipinski definition) is 6. The predicted octanol–water partition coefficient (Wildman–Crippen LogP) is 4.06. The maximum Gasteiger partial charge on any atom is 0.343 e. The smallest absolute Gasteiger partial charge is 0.343 e. The van der Waals surface area contributed by atoms with Crippen LogP contribution in [0.2, 0.25) is 0 Å². The van der Waals surface area contributed by atoms with E-state index in [9.17, 15) is 9.59 Å². The number of para-hydroxylation sites is 1. The van der Waals surface area contributed by atoms with Gasteiger partial charge in [0.05, 0.1) is 18.9 Å². The molecule has 3 rings (SSSR count). The van der Waals surface area contributed by atoms with Gasteiger partial charge in [-0.3, -0.25) is 4.79 Å². The Labute approximate surface area is 186 Å². The van der Waals surface area contributed by atoms with Crippen molar-refractivity contribution < 1.29 is 23.8 Å². The molecule has 0 heterocycles. The number of benzene rings is 3. The number of rotatable bonds is 8. The normalized spacial score (nSPS) is 10.6. The molecule has 0 unspecified atom stereocenters. The zero-order chi connectivity index (χ0) is 22.9. The molecule has 0 aliphatic carbocycles. The van der Waals surface area contributed by atoms with Crippen LogP contribution < -0.4 is 19.6 Å². The van der Waals surface area contributed by atoms with E-state index >= 15 is 0 Å². The van der Waals surface area contributed by atoms with Gasteiger partial charge in [-0.25, -0.2) is 10.2 Å². The second kappa shape index (κ2) is 10.8. The van der Waals surface area contributed by atoms with Gasteiger partial charge in [0.2, 0.25) is 0 Å². The van der Waals surface area contributed by atoms with E-state index in [0.29, 0.717) is 22.8 Å². The summed E-state index contributed by atoms with van der Waals surface area (Å²) in [7, 11) is 1.56. The summed E-state index contributed by atoms with van der Waals surface area (Å²) >= 11 is 0. The maximum absolute atomic E-state index is 12.2. The lowest BCUT2D eigenvalue weighted by molar-refractivity contribution is -0.123. The van der Waals surface area contributed by atoms with Crippen LogP contribution in [0.3, 0.4) is 0 Å². The van der Waals surface area contributed by atoms with Gasteiger partial charge in [0, 0.05) is 0 Å². The van der Waals surface area contributed by atoms with Crippen LogP contribution in [0.15, 0.2) is 71.8 Å². The summed E-state index contributed by atoms with van der Waals surface area (Å²) < 4.78 is 16.0. The molecule has 1 amide bonds. The lowest BCUT2D eigenvalue weighted by Gasteiger charge is -2.10. The molecule has 0 aromatic heterocycles. The fraction of sp³-hybridized carbons (Fsp3) is 0.160. The zero-order valence-corrected chi connectivity index (χ0v) is 18.1. The van der Waals surface area contributed by atoms with Crippen LogP contribution in [0.1, 0.15) is 27.0 Å². The second-order valence-electron chi connectivity index (χ2n) is 6.99. The SMILES string of the molecule is COc1ccc(C(=O)Oc2ccc(/C=N/NC(=O)COc3c(C)cccc3C)cc2)cc1. The van der Waals surface area contributed by atoms with Crippen LogP contribution in [-0.2, 0) is 4.79 Å². The van der Waals surface area contributed by atoms with Gasteiger partial charge in [-0.1, -0.05) is 18.2 Å². The molecule has 0 spiro atoms. The first-order valence-electron chi connectivity index (χ1n) is 9.93. The highest BCUT2D eigenvalue weighted by Gasteiger charge is 2.09. The van der Waals surface area contributed by atoms with E-state index in [2.05, 4.69) is 10.5 Å². The summed E-state index contributed by atoms with van der Waals surface area (Å²) in [6, 6.07) is 19.2. The number of esters is 1. The molecule has 0 saturated heterocycles. The topological polar surface area (TPSA) is 86.2 Å². The van der Waals surface area contributed by atoms with E-state index in [1.165, 1.54) is 6.21 Å². The van der Waals surface area contributed by atoms with Crippen molar-refractivity contribution in [2.24, 2.45) is 5.10 Å². The van der Waals surface area contributed by atoms with Crippen LogP contribution in [0.4, 0.5) is 0 Å². The highest BCUT2D eigenvalue weighted by atomic mass is 16.5. The van der Waals surface area contributed by atoms with E-state index in [4.69, 9.17) is 14.2 Å². The van der Waals surface area contributed by atoms with Crippen molar-refractivity contribution >= 4 is 18.1 Å². The average Bonchev–Trinajstić information content (AvgIpc) is 2.80. The molecule has 164 valence electrons. The largest absolute Gasteiger partial charge is 0.497 e. The summed E-state index contributed by atoms with van der Waals surface area (Å²) in [6.45, 7) is 3.72. The van der Waals surface area contributed by atoms with Crippen molar-refractivity contribution in [2.75, 3.05) is 13.7 Å². The third-order valence-electron chi connectivity index (χ3n) is 4.58. The molecule has 0 bridgehead atoms. The van der Waals surface area contributed by atoms with Gasteiger partial charge in [0.1, 0.15) is 17.2 Å². The number of amides is 1. The average molecular weight is 432 g/mol. The van der Waals surface area contributed by atoms with E-state index in [1.807, 2.05) is 32.0 Å². The van der Waals surface area contributed by atoms with Gasteiger partial charge in [-0.2, -0.15) is 5.10 Å². The molecule has 0 aliphatic rings. The summed E-state index contributed by atoms with van der Waals surface area (Å²) in [5.41, 5.74) is 5.51. The molecule has 7 heteroatoms. The van der Waals surface area contributed by atoms with Gasteiger partial charge in [0.25, 0.3) is 5.91 Å². The standard InChI is InChI=1S/C25H24N2O5/c1-17-5-4-6-18(2)24(17)31-16-23(28)27-26-15-19-7-11-22(12-8-19)32-25(29)20-9-13-21(30-3)14-10-20/h4-15H,16H2,1-3H3,(H,27,28)/b26-15+. The number of hydrazone groups is 1. The van der Waals surface area contributed by atoms with Crippen LogP contribution in [0, 0.1) is 13.8 Å². The van der Waals surface area contributed by atoms with E-state index in [-0.39, 0.29) is 12.5 Å². The molecule has 3 aromatic carbocycles. The fourth-order valence-electron chi connectivity index (χ4n) is 2.89. The Bertz CT molecular complexity index is 1090. The lowest BCUT2D eigenvalue weighted by Crippen LogP contribution is -2.25. The number of hydrogen-bond donors (Lipinski definition) is 1. The minimum atomic E-state index is -0.467. The molecule has 0 aliphatic heterocycles. The summed E-state index contributed by atoms with van der Waals surface area (Å²) in [4.78, 5) is 24.2. The Morgan fingerprint density at radius 3 is 2.16 bits per heavy atom. The van der Waals surface area contributed by atoms with Gasteiger partial charge < -0.3 is 14.2 Å². The zero-order valence-electron chi connectivity index (χ0n) is 18.1. The van der Waals surface area contributed by atoms with Crippen LogP contribution >= 0.6 is 0 Å². The van der Waals surface area contributed by atoms with Gasteiger partial charge in [-0.15, -0.1) is 0 Å². The second-order valence-corrected chi connectivity index (χ2v) is 6.99. The fourth-order valence-corrected chi connectivity index (χ4v) is 2.89. The molecule has 0 saturated carbocycles. The number of nitrogens with zero attached hydrogens (tertiary/aromatic N) is 1. The third-order valence-corrected chi connectivity index (χ3v) is 4.58. The van der Waals surface area contributed by atoms with E-state index in [1.54, 1.807) is 55.6 Å². The van der Waals surface area contributed by atoms with Crippen molar-refractivity contribution in [2.45, 2.75) is 13.8 Å². The van der Waals surface area contributed by atoms with Crippen LogP contribution in [0.25, 0.3) is 0 Å². The highest BCUT2D eigenvalue weighted by molar-refractivity contribution is 5.91. The van der Waals surface area contributed by atoms with Crippen molar-refractivity contribution in [3.05, 3.63) is 89.0 Å². The molecular formula is C25H24N2O5. The molecule has 3 aromatic rings. The number of nitrogens with one attached hydrogen (secondary N) is 1. The first kappa shape index (κ1) is 22.6. The molecule has 32 heavy (non-hydrogen) atoms. The molecule has 0 atom stereocenters. The summed E-state index contributed by atoms with van der Waals surface area (Å²) in [5.74, 6) is 0.925. The Kier molecular flexibility index (Phi) is 7.59. The Morgan fingerprint density at radius 2 is 1.53 bits per heavy atom. The number of methoxy groups -OCH3 is 1. The number of ether oxygens (including phenoxy) is 3. The van der Waals surface area contributed by atoms with Crippen molar-refractivity contribution in [3.8, 4) is 17.2 Å². The van der Waals surface area contributed by atoms with Gasteiger partial charge in [-0.05, 0) is 79.1 Å². The third kappa shape index (κ3) is 6.18. The van der Waals surface area contributed by atoms with E-state index < -0.39 is 5.97 Å². The molecule has 1 N–H and O–H groups in total. The summed E-state index contributed by atoms with van der Waals surface area (Å²) in [5, 5.41) is 3.93. The van der Waals surface area contributed by atoms with E-state index in [0.717, 1.165) is 16.7 Å².